The number of piperidine rings is 1. The topological polar surface area (TPSA) is 44.9 Å². The fraction of sp³-hybridized carbons (Fsp3) is 0.588. The fourth-order valence-electron chi connectivity index (χ4n) is 2.76. The molecule has 5 heteroatoms. The number of halogens is 1. The Bertz CT molecular complexity index is 470. The highest BCUT2D eigenvalue weighted by atomic mass is 127. The van der Waals surface area contributed by atoms with Gasteiger partial charge in [0.1, 0.15) is 0 Å². The van der Waals surface area contributed by atoms with Crippen LogP contribution < -0.4 is 10.6 Å². The minimum Gasteiger partial charge on any atom is -0.378 e. The second-order valence-electron chi connectivity index (χ2n) is 6.24. The summed E-state index contributed by atoms with van der Waals surface area (Å²) in [5.74, 6) is 1.44. The number of likely N-dealkylation sites (tertiary alicyclic amines) is 1. The van der Waals surface area contributed by atoms with Crippen molar-refractivity contribution >= 4 is 35.6 Å². The zero-order valence-corrected chi connectivity index (χ0v) is 16.3. The molecule has 0 bridgehead atoms. The molecule has 1 saturated heterocycles. The predicted octanol–water partition coefficient (Wildman–Crippen LogP) is 2.96. The number of nitrogens with zero attached hydrogens (tertiary/aromatic N) is 3. The summed E-state index contributed by atoms with van der Waals surface area (Å²) in [6.45, 7) is 5.15. The molecular weight excluding hydrogens is 387 g/mol. The molecule has 0 radical (unpaired) electrons. The highest BCUT2D eigenvalue weighted by Crippen LogP contribution is 2.15. The van der Waals surface area contributed by atoms with Gasteiger partial charge in [-0.05, 0) is 42.9 Å². The molecule has 0 saturated carbocycles. The molecule has 124 valence electrons. The maximum absolute atomic E-state index is 6.11. The Hall–Kier alpha value is -0.980. The van der Waals surface area contributed by atoms with E-state index in [0.717, 1.165) is 32.0 Å². The molecule has 1 aromatic rings. The van der Waals surface area contributed by atoms with Crippen LogP contribution in [0.5, 0.6) is 0 Å². The van der Waals surface area contributed by atoms with Crippen LogP contribution in [-0.4, -0.2) is 44.6 Å². The van der Waals surface area contributed by atoms with E-state index in [-0.39, 0.29) is 24.0 Å². The first-order valence-corrected chi connectivity index (χ1v) is 7.87. The van der Waals surface area contributed by atoms with Crippen LogP contribution in [0.4, 0.5) is 5.69 Å². The third kappa shape index (κ3) is 5.66. The number of anilines is 1. The average Bonchev–Trinajstić information content (AvgIpc) is 2.47. The van der Waals surface area contributed by atoms with E-state index in [0.29, 0.717) is 5.96 Å². The van der Waals surface area contributed by atoms with E-state index in [1.807, 2.05) is 0 Å². The van der Waals surface area contributed by atoms with Crippen LogP contribution in [-0.2, 0) is 6.42 Å². The first kappa shape index (κ1) is 19.1. The second kappa shape index (κ2) is 9.22. The molecule has 0 aliphatic carbocycles. The quantitative estimate of drug-likeness (QED) is 0.467. The molecule has 1 heterocycles. The lowest BCUT2D eigenvalue weighted by Crippen LogP contribution is -2.43. The first-order valence-electron chi connectivity index (χ1n) is 7.87. The number of hydrogen-bond acceptors (Lipinski definition) is 2. The number of nitrogens with two attached hydrogens (primary N) is 1. The van der Waals surface area contributed by atoms with Gasteiger partial charge in [-0.2, -0.15) is 0 Å². The van der Waals surface area contributed by atoms with Crippen molar-refractivity contribution in [3.05, 3.63) is 29.8 Å². The number of benzene rings is 1. The molecule has 0 aromatic heterocycles. The highest BCUT2D eigenvalue weighted by Gasteiger charge is 2.17. The lowest BCUT2D eigenvalue weighted by molar-refractivity contribution is 0.270. The van der Waals surface area contributed by atoms with Crippen LogP contribution >= 0.6 is 24.0 Å². The van der Waals surface area contributed by atoms with Crippen molar-refractivity contribution in [1.29, 1.82) is 0 Å². The zero-order valence-electron chi connectivity index (χ0n) is 14.0. The zero-order chi connectivity index (χ0) is 15.2. The molecule has 2 rings (SSSR count). The predicted molar refractivity (Wildman–Crippen MR) is 106 cm³/mol. The largest absolute Gasteiger partial charge is 0.378 e. The summed E-state index contributed by atoms with van der Waals surface area (Å²) < 4.78 is 0. The smallest absolute Gasteiger partial charge is 0.191 e. The minimum absolute atomic E-state index is 0. The number of aliphatic imine (C=N–C) groups is 1. The van der Waals surface area contributed by atoms with E-state index in [9.17, 15) is 0 Å². The van der Waals surface area contributed by atoms with Crippen molar-refractivity contribution < 1.29 is 0 Å². The van der Waals surface area contributed by atoms with Gasteiger partial charge in [-0.3, -0.25) is 4.99 Å². The Labute approximate surface area is 151 Å². The van der Waals surface area contributed by atoms with E-state index < -0.39 is 0 Å². The molecule has 1 aliphatic rings. The lowest BCUT2D eigenvalue weighted by Gasteiger charge is -2.31. The highest BCUT2D eigenvalue weighted by molar-refractivity contribution is 14.0. The standard InChI is InChI=1S/C17H28N4.HI/c1-14-5-4-12-21(13-14)17(18)19-11-10-15-6-8-16(9-7-15)20(2)3;/h6-9,14H,4-5,10-13H2,1-3H3,(H2,18,19);1H. The average molecular weight is 416 g/mol. The normalized spacial score (nSPS) is 18.8. The van der Waals surface area contributed by atoms with Gasteiger partial charge < -0.3 is 15.5 Å². The maximum atomic E-state index is 6.11. The molecule has 0 spiro atoms. The van der Waals surface area contributed by atoms with Gasteiger partial charge in [-0.15, -0.1) is 24.0 Å². The monoisotopic (exact) mass is 416 g/mol. The van der Waals surface area contributed by atoms with Crippen molar-refractivity contribution in [1.82, 2.24) is 4.90 Å². The molecule has 1 aromatic carbocycles. The molecule has 22 heavy (non-hydrogen) atoms. The Morgan fingerprint density at radius 1 is 1.32 bits per heavy atom. The van der Waals surface area contributed by atoms with Crippen molar-refractivity contribution in [3.63, 3.8) is 0 Å². The molecular formula is C17H29IN4. The Kier molecular flexibility index (Phi) is 8.00. The summed E-state index contributed by atoms with van der Waals surface area (Å²) in [6, 6.07) is 8.64. The maximum Gasteiger partial charge on any atom is 0.191 e. The summed E-state index contributed by atoms with van der Waals surface area (Å²) >= 11 is 0. The molecule has 1 aliphatic heterocycles. The van der Waals surface area contributed by atoms with E-state index in [1.54, 1.807) is 0 Å². The first-order chi connectivity index (χ1) is 10.1. The van der Waals surface area contributed by atoms with Gasteiger partial charge in [0.05, 0.1) is 0 Å². The van der Waals surface area contributed by atoms with Crippen molar-refractivity contribution in [2.45, 2.75) is 26.2 Å². The van der Waals surface area contributed by atoms with E-state index in [1.165, 1.54) is 24.1 Å². The summed E-state index contributed by atoms with van der Waals surface area (Å²) in [5, 5.41) is 0. The molecule has 1 fully saturated rings. The van der Waals surface area contributed by atoms with Gasteiger partial charge >= 0.3 is 0 Å². The van der Waals surface area contributed by atoms with Gasteiger partial charge in [0.2, 0.25) is 0 Å². The van der Waals surface area contributed by atoms with Crippen LogP contribution in [0.3, 0.4) is 0 Å². The Morgan fingerprint density at radius 2 is 2.00 bits per heavy atom. The molecule has 2 N–H and O–H groups in total. The van der Waals surface area contributed by atoms with E-state index in [2.05, 4.69) is 60.1 Å². The van der Waals surface area contributed by atoms with Gasteiger partial charge in [-0.25, -0.2) is 0 Å². The summed E-state index contributed by atoms with van der Waals surface area (Å²) in [4.78, 5) is 8.88. The number of hydrogen-bond donors (Lipinski definition) is 1. The van der Waals surface area contributed by atoms with Crippen molar-refractivity contribution in [3.8, 4) is 0 Å². The number of guanidine groups is 1. The third-order valence-electron chi connectivity index (χ3n) is 4.11. The summed E-state index contributed by atoms with van der Waals surface area (Å²) in [5.41, 5.74) is 8.64. The SMILES string of the molecule is CC1CCCN(C(N)=NCCc2ccc(N(C)C)cc2)C1.I. The van der Waals surface area contributed by atoms with Crippen LogP contribution in [0, 0.1) is 5.92 Å². The van der Waals surface area contributed by atoms with Crippen LogP contribution in [0.2, 0.25) is 0 Å². The van der Waals surface area contributed by atoms with E-state index in [4.69, 9.17) is 5.73 Å². The van der Waals surface area contributed by atoms with Crippen LogP contribution in [0.1, 0.15) is 25.3 Å². The van der Waals surface area contributed by atoms with Gasteiger partial charge in [0.25, 0.3) is 0 Å². The van der Waals surface area contributed by atoms with Gasteiger partial charge in [0.15, 0.2) is 5.96 Å². The van der Waals surface area contributed by atoms with Crippen molar-refractivity contribution in [2.75, 3.05) is 38.6 Å². The summed E-state index contributed by atoms with van der Waals surface area (Å²) in [7, 11) is 4.11. The van der Waals surface area contributed by atoms with Gasteiger partial charge in [0, 0.05) is 39.4 Å². The number of rotatable bonds is 4. The second-order valence-corrected chi connectivity index (χ2v) is 6.24. The van der Waals surface area contributed by atoms with E-state index >= 15 is 0 Å². The molecule has 0 amide bonds. The Morgan fingerprint density at radius 3 is 2.59 bits per heavy atom. The van der Waals surface area contributed by atoms with Crippen molar-refractivity contribution in [2.24, 2.45) is 16.6 Å². The lowest BCUT2D eigenvalue weighted by atomic mass is 10.0. The van der Waals surface area contributed by atoms with Crippen LogP contribution in [0.15, 0.2) is 29.3 Å². The van der Waals surface area contributed by atoms with Crippen LogP contribution in [0.25, 0.3) is 0 Å². The molecule has 4 nitrogen and oxygen atoms in total. The minimum atomic E-state index is 0. The Balaban J connectivity index is 0.00000242. The summed E-state index contributed by atoms with van der Waals surface area (Å²) in [6.07, 6.45) is 3.48. The molecule has 1 unspecified atom stereocenters. The fourth-order valence-corrected chi connectivity index (χ4v) is 2.76. The molecule has 1 atom stereocenters. The third-order valence-corrected chi connectivity index (χ3v) is 4.11. The van der Waals surface area contributed by atoms with Gasteiger partial charge in [-0.1, -0.05) is 19.1 Å².